The topological polar surface area (TPSA) is 0 Å². The molecular formula is C15H20Zr. The summed E-state index contributed by atoms with van der Waals surface area (Å²) in [7, 11) is 0. The molecule has 0 nitrogen and oxygen atoms in total. The standard InChI is InChI=1S/C9H13.C6H7.Zr/c1-6-5-7(2)9(4)8(6)3;1-6-4-2-3-5-6;/h6H,1-4H3;4-5H,2H2,1H3;. The van der Waals surface area contributed by atoms with E-state index in [1.165, 1.54) is 12.0 Å². The van der Waals surface area contributed by atoms with Crippen molar-refractivity contribution >= 4 is 0 Å². The SMILES string of the molecule is CC1=CC[C]([Zr][C]2=C(C)C(C)=C(C)C2C)=C1. The Hall–Kier alpha value is -0.157. The van der Waals surface area contributed by atoms with Gasteiger partial charge in [0.05, 0.1) is 0 Å². The molecular weight excluding hydrogens is 271 g/mol. The van der Waals surface area contributed by atoms with Crippen LogP contribution in [-0.4, -0.2) is 0 Å². The molecule has 2 rings (SSSR count). The Morgan fingerprint density at radius 1 is 1.12 bits per heavy atom. The molecule has 0 aromatic heterocycles. The summed E-state index contributed by atoms with van der Waals surface area (Å²) < 4.78 is 3.57. The van der Waals surface area contributed by atoms with Gasteiger partial charge in [0.2, 0.25) is 0 Å². The summed E-state index contributed by atoms with van der Waals surface area (Å²) in [6.45, 7) is 11.5. The van der Waals surface area contributed by atoms with Crippen LogP contribution in [0.1, 0.15) is 41.0 Å². The Balaban J connectivity index is 2.17. The van der Waals surface area contributed by atoms with E-state index < -0.39 is 23.2 Å². The average Bonchev–Trinajstić information content (AvgIpc) is 2.73. The van der Waals surface area contributed by atoms with E-state index >= 15 is 0 Å². The van der Waals surface area contributed by atoms with Gasteiger partial charge in [-0.1, -0.05) is 0 Å². The fourth-order valence-corrected chi connectivity index (χ4v) is 6.56. The molecule has 0 aliphatic heterocycles. The van der Waals surface area contributed by atoms with Crippen molar-refractivity contribution in [2.75, 3.05) is 0 Å². The maximum atomic E-state index is 2.43. The van der Waals surface area contributed by atoms with Gasteiger partial charge >= 0.3 is 111 Å². The van der Waals surface area contributed by atoms with Crippen LogP contribution >= 0.6 is 0 Å². The molecule has 0 saturated carbocycles. The van der Waals surface area contributed by atoms with Crippen molar-refractivity contribution in [3.05, 3.63) is 41.0 Å². The van der Waals surface area contributed by atoms with Crippen LogP contribution in [-0.2, 0) is 23.2 Å². The second-order valence-electron chi connectivity index (χ2n) is 5.02. The van der Waals surface area contributed by atoms with Gasteiger partial charge in [-0.2, -0.15) is 0 Å². The zero-order valence-corrected chi connectivity index (χ0v) is 13.4. The molecule has 84 valence electrons. The third kappa shape index (κ3) is 2.12. The summed E-state index contributed by atoms with van der Waals surface area (Å²) in [5.41, 5.74) is 6.26. The summed E-state index contributed by atoms with van der Waals surface area (Å²) in [4.78, 5) is 0. The van der Waals surface area contributed by atoms with E-state index in [1.54, 1.807) is 20.0 Å². The van der Waals surface area contributed by atoms with E-state index in [-0.39, 0.29) is 0 Å². The third-order valence-electron chi connectivity index (χ3n) is 3.98. The first kappa shape index (κ1) is 12.3. The molecule has 0 N–H and O–H groups in total. The molecule has 0 fully saturated rings. The van der Waals surface area contributed by atoms with Crippen molar-refractivity contribution in [2.24, 2.45) is 5.92 Å². The maximum absolute atomic E-state index is 2.43. The average molecular weight is 292 g/mol. The van der Waals surface area contributed by atoms with Gasteiger partial charge in [0.25, 0.3) is 0 Å². The van der Waals surface area contributed by atoms with Crippen molar-refractivity contribution in [3.63, 3.8) is 0 Å². The summed E-state index contributed by atoms with van der Waals surface area (Å²) in [6.07, 6.45) is 6.04. The molecule has 0 aromatic carbocycles. The minimum atomic E-state index is -0.483. The van der Waals surface area contributed by atoms with E-state index in [0.29, 0.717) is 0 Å². The third-order valence-corrected chi connectivity index (χ3v) is 8.28. The van der Waals surface area contributed by atoms with Crippen LogP contribution in [0.2, 0.25) is 0 Å². The number of allylic oxidation sites excluding steroid dienone is 8. The molecule has 0 spiro atoms. The molecule has 0 heterocycles. The molecule has 0 aromatic rings. The first-order valence-electron chi connectivity index (χ1n) is 6.03. The fourth-order valence-electron chi connectivity index (χ4n) is 2.49. The normalized spacial score (nSPS) is 25.2. The van der Waals surface area contributed by atoms with Gasteiger partial charge in [0.1, 0.15) is 0 Å². The van der Waals surface area contributed by atoms with E-state index in [9.17, 15) is 0 Å². The molecule has 0 bridgehead atoms. The first-order chi connectivity index (χ1) is 7.50. The van der Waals surface area contributed by atoms with Crippen LogP contribution in [0, 0.1) is 5.92 Å². The van der Waals surface area contributed by atoms with Crippen LogP contribution in [0.5, 0.6) is 0 Å². The van der Waals surface area contributed by atoms with Crippen molar-refractivity contribution < 1.29 is 23.2 Å². The Bertz CT molecular complexity index is 444. The van der Waals surface area contributed by atoms with Gasteiger partial charge in [0.15, 0.2) is 0 Å². The summed E-state index contributed by atoms with van der Waals surface area (Å²) in [6, 6.07) is 0. The van der Waals surface area contributed by atoms with Gasteiger partial charge in [-0.15, -0.1) is 0 Å². The first-order valence-corrected chi connectivity index (χ1v) is 8.49. The fraction of sp³-hybridized carbons (Fsp3) is 0.467. The molecule has 0 radical (unpaired) electrons. The Morgan fingerprint density at radius 2 is 1.81 bits per heavy atom. The van der Waals surface area contributed by atoms with Crippen LogP contribution in [0.4, 0.5) is 0 Å². The van der Waals surface area contributed by atoms with Crippen LogP contribution in [0.25, 0.3) is 0 Å². The second-order valence-corrected chi connectivity index (χ2v) is 8.53. The monoisotopic (exact) mass is 290 g/mol. The van der Waals surface area contributed by atoms with Crippen molar-refractivity contribution in [1.82, 2.24) is 0 Å². The number of hydrogen-bond acceptors (Lipinski definition) is 0. The molecule has 1 atom stereocenters. The van der Waals surface area contributed by atoms with E-state index in [1.807, 2.05) is 3.28 Å². The van der Waals surface area contributed by atoms with Gasteiger partial charge in [-0.05, 0) is 0 Å². The van der Waals surface area contributed by atoms with Crippen molar-refractivity contribution in [1.29, 1.82) is 0 Å². The predicted octanol–water partition coefficient (Wildman–Crippen LogP) is 4.56. The van der Waals surface area contributed by atoms with Crippen LogP contribution in [0.3, 0.4) is 0 Å². The minimum absolute atomic E-state index is 0.483. The molecule has 2 aliphatic carbocycles. The number of rotatable bonds is 2. The van der Waals surface area contributed by atoms with Crippen molar-refractivity contribution in [2.45, 2.75) is 41.0 Å². The van der Waals surface area contributed by atoms with Gasteiger partial charge in [-0.3, -0.25) is 0 Å². The molecule has 16 heavy (non-hydrogen) atoms. The van der Waals surface area contributed by atoms with Gasteiger partial charge in [-0.25, -0.2) is 0 Å². The van der Waals surface area contributed by atoms with Crippen LogP contribution in [0.15, 0.2) is 41.0 Å². The molecule has 0 amide bonds. The summed E-state index contributed by atoms with van der Waals surface area (Å²) in [5.74, 6) is 0.730. The Labute approximate surface area is 111 Å². The molecule has 1 heteroatoms. The molecule has 0 saturated heterocycles. The van der Waals surface area contributed by atoms with E-state index in [0.717, 1.165) is 5.92 Å². The summed E-state index contributed by atoms with van der Waals surface area (Å²) >= 11 is -0.483. The van der Waals surface area contributed by atoms with Gasteiger partial charge < -0.3 is 0 Å². The Morgan fingerprint density at radius 3 is 2.25 bits per heavy atom. The molecule has 2 aliphatic rings. The quantitative estimate of drug-likeness (QED) is 0.699. The van der Waals surface area contributed by atoms with Gasteiger partial charge in [0, 0.05) is 0 Å². The second kappa shape index (κ2) is 4.61. The zero-order valence-electron chi connectivity index (χ0n) is 10.9. The van der Waals surface area contributed by atoms with E-state index in [2.05, 4.69) is 46.8 Å². The number of hydrogen-bond donors (Lipinski definition) is 0. The Kier molecular flexibility index (Phi) is 3.54. The van der Waals surface area contributed by atoms with E-state index in [4.69, 9.17) is 0 Å². The molecule has 1 unspecified atom stereocenters. The predicted molar refractivity (Wildman–Crippen MR) is 66.7 cm³/mol. The van der Waals surface area contributed by atoms with Crippen LogP contribution < -0.4 is 0 Å². The van der Waals surface area contributed by atoms with Crippen molar-refractivity contribution in [3.8, 4) is 0 Å². The zero-order chi connectivity index (χ0) is 11.9. The summed E-state index contributed by atoms with van der Waals surface area (Å²) in [5, 5.41) is 0.